The minimum absolute atomic E-state index is 0.118. The predicted molar refractivity (Wildman–Crippen MR) is 98.5 cm³/mol. The van der Waals surface area contributed by atoms with Gasteiger partial charge in [-0.3, -0.25) is 4.79 Å². The quantitative estimate of drug-likeness (QED) is 0.463. The summed E-state index contributed by atoms with van der Waals surface area (Å²) in [5.74, 6) is -1.20. The Morgan fingerprint density at radius 2 is 1.68 bits per heavy atom. The molecule has 0 fully saturated rings. The van der Waals surface area contributed by atoms with E-state index in [9.17, 15) is 22.8 Å². The van der Waals surface area contributed by atoms with Crippen LogP contribution in [-0.4, -0.2) is 29.1 Å². The maximum Gasteiger partial charge on any atom is 0.406 e. The molecule has 0 aliphatic carbocycles. The molecule has 7 heteroatoms. The fourth-order valence-electron chi connectivity index (χ4n) is 3.20. The molecule has 0 unspecified atom stereocenters. The zero-order valence-electron chi connectivity index (χ0n) is 15.3. The van der Waals surface area contributed by atoms with Crippen molar-refractivity contribution < 1.29 is 27.5 Å². The van der Waals surface area contributed by atoms with Gasteiger partial charge in [0, 0.05) is 17.0 Å². The second-order valence-electron chi connectivity index (χ2n) is 6.51. The van der Waals surface area contributed by atoms with Crippen molar-refractivity contribution in [3.05, 3.63) is 71.0 Å². The van der Waals surface area contributed by atoms with E-state index in [1.54, 1.807) is 24.3 Å². The summed E-state index contributed by atoms with van der Waals surface area (Å²) in [4.78, 5) is 24.8. The summed E-state index contributed by atoms with van der Waals surface area (Å²) < 4.78 is 44.3. The summed E-state index contributed by atoms with van der Waals surface area (Å²) in [6.07, 6.45) is -4.39. The average molecular weight is 389 g/mol. The number of benzene rings is 2. The van der Waals surface area contributed by atoms with Gasteiger partial charge in [0.1, 0.15) is 6.54 Å². The van der Waals surface area contributed by atoms with Crippen LogP contribution in [0.1, 0.15) is 32.1 Å². The minimum atomic E-state index is -4.39. The monoisotopic (exact) mass is 389 g/mol. The van der Waals surface area contributed by atoms with E-state index in [-0.39, 0.29) is 11.3 Å². The smallest absolute Gasteiger partial charge is 0.406 e. The largest absolute Gasteiger partial charge is 0.454 e. The number of nitrogens with zero attached hydrogens (tertiary/aromatic N) is 1. The molecule has 0 amide bonds. The fraction of sp³-hybridized carbons (Fsp3) is 0.238. The van der Waals surface area contributed by atoms with Crippen molar-refractivity contribution in [3.63, 3.8) is 0 Å². The molecule has 0 atom stereocenters. The topological polar surface area (TPSA) is 48.3 Å². The minimum Gasteiger partial charge on any atom is -0.454 e. The van der Waals surface area contributed by atoms with Gasteiger partial charge < -0.3 is 9.30 Å². The number of fused-ring (bicyclic) bond motifs is 1. The average Bonchev–Trinajstić information content (AvgIpc) is 2.92. The van der Waals surface area contributed by atoms with E-state index in [1.165, 1.54) is 19.9 Å². The molecule has 0 saturated carbocycles. The summed E-state index contributed by atoms with van der Waals surface area (Å²) in [5.41, 5.74) is 0.959. The number of esters is 1. The molecule has 4 nitrogen and oxygen atoms in total. The molecular formula is C21H18F3NO3. The Kier molecular flexibility index (Phi) is 5.27. The molecular weight excluding hydrogens is 371 g/mol. The molecule has 146 valence electrons. The first-order valence-electron chi connectivity index (χ1n) is 8.59. The lowest BCUT2D eigenvalue weighted by Crippen LogP contribution is -2.20. The summed E-state index contributed by atoms with van der Waals surface area (Å²) in [6, 6.07) is 13.8. The number of hydrogen-bond acceptors (Lipinski definition) is 3. The highest BCUT2D eigenvalue weighted by molar-refractivity contribution is 6.06. The van der Waals surface area contributed by atoms with Crippen molar-refractivity contribution in [2.75, 3.05) is 6.61 Å². The Morgan fingerprint density at radius 3 is 2.39 bits per heavy atom. The van der Waals surface area contributed by atoms with Crippen LogP contribution in [0.2, 0.25) is 0 Å². The van der Waals surface area contributed by atoms with Crippen LogP contribution in [0, 0.1) is 13.8 Å². The van der Waals surface area contributed by atoms with Gasteiger partial charge in [-0.2, -0.15) is 13.2 Å². The lowest BCUT2D eigenvalue weighted by Gasteiger charge is -2.12. The van der Waals surface area contributed by atoms with Crippen molar-refractivity contribution >= 4 is 22.5 Å². The Hall–Kier alpha value is -3.09. The number of carbonyl (C=O) groups is 2. The van der Waals surface area contributed by atoms with Gasteiger partial charge in [-0.05, 0) is 36.8 Å². The first-order valence-corrected chi connectivity index (χ1v) is 8.59. The maximum atomic E-state index is 12.7. The van der Waals surface area contributed by atoms with Gasteiger partial charge in [-0.25, -0.2) is 4.79 Å². The number of alkyl halides is 3. The Labute approximate surface area is 159 Å². The second-order valence-corrected chi connectivity index (χ2v) is 6.51. The first-order chi connectivity index (χ1) is 13.2. The molecule has 0 bridgehead atoms. The van der Waals surface area contributed by atoms with Crippen LogP contribution in [0.15, 0.2) is 48.5 Å². The van der Waals surface area contributed by atoms with Gasteiger partial charge in [-0.15, -0.1) is 0 Å². The molecule has 0 radical (unpaired) electrons. The van der Waals surface area contributed by atoms with E-state index in [0.717, 1.165) is 9.95 Å². The number of halogens is 3. The lowest BCUT2D eigenvalue weighted by atomic mass is 10.0. The van der Waals surface area contributed by atoms with E-state index in [1.807, 2.05) is 18.2 Å². The number of hydrogen-bond donors (Lipinski definition) is 0. The number of aryl methyl sites for hydroxylation is 1. The number of carbonyl (C=O) groups excluding carboxylic acids is 2. The van der Waals surface area contributed by atoms with Crippen molar-refractivity contribution in [2.24, 2.45) is 0 Å². The predicted octanol–water partition coefficient (Wildman–Crippen LogP) is 4.86. The lowest BCUT2D eigenvalue weighted by molar-refractivity contribution is -0.141. The van der Waals surface area contributed by atoms with Crippen LogP contribution in [0.25, 0.3) is 10.8 Å². The SMILES string of the molecule is Cc1cc(C(=O)COC(=O)c2cccc3ccccc23)c(C)n1CC(F)(F)F. The number of ketones is 1. The van der Waals surface area contributed by atoms with Gasteiger partial charge in [0.15, 0.2) is 6.61 Å². The van der Waals surface area contributed by atoms with E-state index < -0.39 is 31.1 Å². The molecule has 2 aromatic carbocycles. The third-order valence-electron chi connectivity index (χ3n) is 4.56. The summed E-state index contributed by atoms with van der Waals surface area (Å²) in [5, 5.41) is 1.56. The van der Waals surface area contributed by atoms with Crippen LogP contribution in [0.5, 0.6) is 0 Å². The van der Waals surface area contributed by atoms with Gasteiger partial charge >= 0.3 is 12.1 Å². The van der Waals surface area contributed by atoms with Crippen LogP contribution < -0.4 is 0 Å². The van der Waals surface area contributed by atoms with Crippen molar-refractivity contribution in [2.45, 2.75) is 26.6 Å². The molecule has 0 N–H and O–H groups in total. The fourth-order valence-corrected chi connectivity index (χ4v) is 3.20. The zero-order chi connectivity index (χ0) is 20.5. The van der Waals surface area contributed by atoms with E-state index >= 15 is 0 Å². The van der Waals surface area contributed by atoms with Gasteiger partial charge in [-0.1, -0.05) is 36.4 Å². The molecule has 3 aromatic rings. The molecule has 1 heterocycles. The van der Waals surface area contributed by atoms with Gasteiger partial charge in [0.2, 0.25) is 5.78 Å². The van der Waals surface area contributed by atoms with Crippen LogP contribution >= 0.6 is 0 Å². The normalized spacial score (nSPS) is 11.6. The third-order valence-corrected chi connectivity index (χ3v) is 4.56. The summed E-state index contributed by atoms with van der Waals surface area (Å²) in [6.45, 7) is 1.22. The van der Waals surface area contributed by atoms with E-state index in [4.69, 9.17) is 4.74 Å². The van der Waals surface area contributed by atoms with Crippen molar-refractivity contribution in [3.8, 4) is 0 Å². The van der Waals surface area contributed by atoms with Gasteiger partial charge in [0.05, 0.1) is 5.56 Å². The molecule has 3 rings (SSSR count). The molecule has 0 aliphatic heterocycles. The zero-order valence-corrected chi connectivity index (χ0v) is 15.3. The van der Waals surface area contributed by atoms with Crippen LogP contribution in [0.4, 0.5) is 13.2 Å². The molecule has 0 aliphatic rings. The number of ether oxygens (including phenoxy) is 1. The highest BCUT2D eigenvalue weighted by Crippen LogP contribution is 2.24. The number of aromatic nitrogens is 1. The first kappa shape index (κ1) is 19.7. The van der Waals surface area contributed by atoms with Crippen molar-refractivity contribution in [1.82, 2.24) is 4.57 Å². The summed E-state index contributed by atoms with van der Waals surface area (Å²) >= 11 is 0. The molecule has 0 spiro atoms. The second kappa shape index (κ2) is 7.50. The van der Waals surface area contributed by atoms with E-state index in [2.05, 4.69) is 0 Å². The highest BCUT2D eigenvalue weighted by atomic mass is 19.4. The van der Waals surface area contributed by atoms with E-state index in [0.29, 0.717) is 16.6 Å². The Balaban J connectivity index is 1.75. The third kappa shape index (κ3) is 4.08. The van der Waals surface area contributed by atoms with Crippen LogP contribution in [-0.2, 0) is 11.3 Å². The van der Waals surface area contributed by atoms with Crippen molar-refractivity contribution in [1.29, 1.82) is 0 Å². The Morgan fingerprint density at radius 1 is 1.00 bits per heavy atom. The molecule has 1 aromatic heterocycles. The summed E-state index contributed by atoms with van der Waals surface area (Å²) in [7, 11) is 0. The maximum absolute atomic E-state index is 12.7. The van der Waals surface area contributed by atoms with Crippen LogP contribution in [0.3, 0.4) is 0 Å². The highest BCUT2D eigenvalue weighted by Gasteiger charge is 2.30. The number of Topliss-reactive ketones (excluding diaryl/α,β-unsaturated/α-hetero) is 1. The molecule has 0 saturated heterocycles. The Bertz CT molecular complexity index is 1050. The number of rotatable bonds is 5. The standard InChI is InChI=1S/C21H18F3NO3/c1-13-10-18(14(2)25(13)12-21(22,23)24)19(26)11-28-20(27)17-9-5-7-15-6-3-4-8-16(15)17/h3-10H,11-12H2,1-2H3. The molecule has 28 heavy (non-hydrogen) atoms. The van der Waals surface area contributed by atoms with Gasteiger partial charge in [0.25, 0.3) is 0 Å².